The predicted octanol–water partition coefficient (Wildman–Crippen LogP) is 2.84. The first-order valence-corrected chi connectivity index (χ1v) is 10.1. The molecule has 154 valence electrons. The number of H-pyrrole nitrogens is 1. The van der Waals surface area contributed by atoms with Crippen molar-refractivity contribution in [1.29, 1.82) is 0 Å². The quantitative estimate of drug-likeness (QED) is 0.831. The molecule has 1 fully saturated rings. The van der Waals surface area contributed by atoms with E-state index in [1.165, 1.54) is 0 Å². The summed E-state index contributed by atoms with van der Waals surface area (Å²) < 4.78 is 10.7. The molecule has 7 heteroatoms. The molecule has 2 aromatic rings. The van der Waals surface area contributed by atoms with Gasteiger partial charge in [-0.3, -0.25) is 9.59 Å². The third-order valence-corrected chi connectivity index (χ3v) is 6.01. The lowest BCUT2D eigenvalue weighted by Gasteiger charge is -2.32. The Bertz CT molecular complexity index is 950. The van der Waals surface area contributed by atoms with Crippen LogP contribution in [0.1, 0.15) is 45.7 Å². The highest BCUT2D eigenvalue weighted by Gasteiger charge is 2.30. The van der Waals surface area contributed by atoms with Crippen molar-refractivity contribution in [2.45, 2.75) is 40.2 Å². The van der Waals surface area contributed by atoms with E-state index in [-0.39, 0.29) is 24.5 Å². The van der Waals surface area contributed by atoms with Crippen molar-refractivity contribution in [1.82, 2.24) is 15.2 Å². The van der Waals surface area contributed by atoms with Crippen LogP contribution in [0.3, 0.4) is 0 Å². The summed E-state index contributed by atoms with van der Waals surface area (Å²) in [5.74, 6) is 1.20. The molecule has 2 N–H and O–H groups in total. The van der Waals surface area contributed by atoms with Gasteiger partial charge < -0.3 is 24.7 Å². The van der Waals surface area contributed by atoms with Crippen LogP contribution in [0.15, 0.2) is 18.2 Å². The first-order valence-electron chi connectivity index (χ1n) is 10.1. The second-order valence-corrected chi connectivity index (χ2v) is 7.87. The number of likely N-dealkylation sites (tertiary alicyclic amines) is 1. The van der Waals surface area contributed by atoms with Gasteiger partial charge in [-0.25, -0.2) is 0 Å². The van der Waals surface area contributed by atoms with Gasteiger partial charge in [-0.2, -0.15) is 0 Å². The number of fused-ring (bicyclic) bond motifs is 1. The van der Waals surface area contributed by atoms with E-state index in [2.05, 4.69) is 10.3 Å². The summed E-state index contributed by atoms with van der Waals surface area (Å²) in [6.45, 7) is 7.74. The van der Waals surface area contributed by atoms with Crippen LogP contribution >= 0.6 is 0 Å². The monoisotopic (exact) mass is 397 g/mol. The largest absolute Gasteiger partial charge is 0.454 e. The molecule has 1 saturated heterocycles. The van der Waals surface area contributed by atoms with Crippen molar-refractivity contribution in [2.24, 2.45) is 5.92 Å². The standard InChI is InChI=1S/C22H27N3O4/c1-13-14(2)20(24-15(13)3)22(27)25-8-4-5-17(11-25)21(26)23-10-16-6-7-18-19(9-16)29-12-28-18/h6-7,9,17,24H,4-5,8,10-12H2,1-3H3,(H,23,26)/t17-/m1/s1. The lowest BCUT2D eigenvalue weighted by Crippen LogP contribution is -2.45. The second-order valence-electron chi connectivity index (χ2n) is 7.87. The summed E-state index contributed by atoms with van der Waals surface area (Å²) in [6, 6.07) is 5.66. The van der Waals surface area contributed by atoms with Gasteiger partial charge in [-0.05, 0) is 62.4 Å². The summed E-state index contributed by atoms with van der Waals surface area (Å²) >= 11 is 0. The molecule has 1 aromatic carbocycles. The molecule has 0 radical (unpaired) electrons. The molecule has 0 unspecified atom stereocenters. The van der Waals surface area contributed by atoms with Gasteiger partial charge >= 0.3 is 0 Å². The summed E-state index contributed by atoms with van der Waals surface area (Å²) in [4.78, 5) is 30.7. The minimum atomic E-state index is -0.195. The number of nitrogens with zero attached hydrogens (tertiary/aromatic N) is 1. The number of ether oxygens (including phenoxy) is 2. The fourth-order valence-corrected chi connectivity index (χ4v) is 3.98. The number of benzene rings is 1. The molecule has 0 bridgehead atoms. The number of carbonyl (C=O) groups is 2. The normalized spacial score (nSPS) is 18.0. The number of rotatable bonds is 4. The number of nitrogens with one attached hydrogen (secondary N) is 2. The van der Waals surface area contributed by atoms with Crippen molar-refractivity contribution in [2.75, 3.05) is 19.9 Å². The van der Waals surface area contributed by atoms with E-state index in [9.17, 15) is 9.59 Å². The number of hydrogen-bond donors (Lipinski definition) is 2. The van der Waals surface area contributed by atoms with Gasteiger partial charge in [0.05, 0.1) is 5.92 Å². The van der Waals surface area contributed by atoms with Crippen LogP contribution in [-0.4, -0.2) is 41.6 Å². The minimum absolute atomic E-state index is 0.0178. The van der Waals surface area contributed by atoms with Crippen molar-refractivity contribution in [3.8, 4) is 11.5 Å². The Morgan fingerprint density at radius 1 is 1.17 bits per heavy atom. The van der Waals surface area contributed by atoms with Crippen LogP contribution in [0.5, 0.6) is 11.5 Å². The Kier molecular flexibility index (Phi) is 5.22. The summed E-state index contributed by atoms with van der Waals surface area (Å²) in [7, 11) is 0. The Balaban J connectivity index is 1.37. The lowest BCUT2D eigenvalue weighted by molar-refractivity contribution is -0.126. The van der Waals surface area contributed by atoms with Crippen LogP contribution in [0.25, 0.3) is 0 Å². The molecular formula is C22H27N3O4. The molecule has 4 rings (SSSR count). The Hall–Kier alpha value is -2.96. The number of aryl methyl sites for hydroxylation is 1. The Labute approximate surface area is 170 Å². The molecule has 1 atom stereocenters. The maximum Gasteiger partial charge on any atom is 0.270 e. The van der Waals surface area contributed by atoms with Crippen molar-refractivity contribution >= 4 is 11.8 Å². The maximum absolute atomic E-state index is 13.0. The molecule has 1 aromatic heterocycles. The number of amides is 2. The zero-order valence-corrected chi connectivity index (χ0v) is 17.1. The number of aromatic amines is 1. The van der Waals surface area contributed by atoms with Gasteiger partial charge in [-0.15, -0.1) is 0 Å². The molecule has 0 spiro atoms. The lowest BCUT2D eigenvalue weighted by atomic mass is 9.96. The molecule has 0 saturated carbocycles. The van der Waals surface area contributed by atoms with Gasteiger partial charge in [0.2, 0.25) is 12.7 Å². The predicted molar refractivity (Wildman–Crippen MR) is 108 cm³/mol. The molecular weight excluding hydrogens is 370 g/mol. The van der Waals surface area contributed by atoms with Crippen LogP contribution in [0.4, 0.5) is 0 Å². The van der Waals surface area contributed by atoms with Crippen molar-refractivity contribution in [3.05, 3.63) is 46.3 Å². The smallest absolute Gasteiger partial charge is 0.270 e. The Morgan fingerprint density at radius 2 is 1.97 bits per heavy atom. The maximum atomic E-state index is 13.0. The summed E-state index contributed by atoms with van der Waals surface area (Å²) in [5.41, 5.74) is 4.71. The van der Waals surface area contributed by atoms with E-state index < -0.39 is 0 Å². The van der Waals surface area contributed by atoms with Crippen LogP contribution in [0.2, 0.25) is 0 Å². The summed E-state index contributed by atoms with van der Waals surface area (Å²) in [6.07, 6.45) is 1.62. The highest BCUT2D eigenvalue weighted by Crippen LogP contribution is 2.32. The summed E-state index contributed by atoms with van der Waals surface area (Å²) in [5, 5.41) is 3.00. The highest BCUT2D eigenvalue weighted by molar-refractivity contribution is 5.95. The van der Waals surface area contributed by atoms with E-state index in [0.29, 0.717) is 31.1 Å². The average molecular weight is 397 g/mol. The highest BCUT2D eigenvalue weighted by atomic mass is 16.7. The molecule has 2 amide bonds. The first kappa shape index (κ1) is 19.4. The molecule has 29 heavy (non-hydrogen) atoms. The Morgan fingerprint density at radius 3 is 2.72 bits per heavy atom. The number of hydrogen-bond acceptors (Lipinski definition) is 4. The van der Waals surface area contributed by atoms with Crippen molar-refractivity contribution in [3.63, 3.8) is 0 Å². The van der Waals surface area contributed by atoms with Gasteiger partial charge in [-0.1, -0.05) is 6.07 Å². The molecule has 2 aliphatic rings. The zero-order chi connectivity index (χ0) is 20.5. The molecule has 3 heterocycles. The molecule has 2 aliphatic heterocycles. The topological polar surface area (TPSA) is 83.7 Å². The van der Waals surface area contributed by atoms with Crippen LogP contribution in [-0.2, 0) is 11.3 Å². The van der Waals surface area contributed by atoms with Gasteiger partial charge in [0.15, 0.2) is 11.5 Å². The van der Waals surface area contributed by atoms with E-state index in [1.807, 2.05) is 39.0 Å². The van der Waals surface area contributed by atoms with Gasteiger partial charge in [0.25, 0.3) is 5.91 Å². The third-order valence-electron chi connectivity index (χ3n) is 6.01. The molecule has 7 nitrogen and oxygen atoms in total. The minimum Gasteiger partial charge on any atom is -0.454 e. The zero-order valence-electron chi connectivity index (χ0n) is 17.1. The van der Waals surface area contributed by atoms with E-state index in [1.54, 1.807) is 4.90 Å². The van der Waals surface area contributed by atoms with E-state index in [0.717, 1.165) is 41.0 Å². The van der Waals surface area contributed by atoms with Crippen LogP contribution in [0, 0.1) is 26.7 Å². The van der Waals surface area contributed by atoms with E-state index in [4.69, 9.17) is 9.47 Å². The van der Waals surface area contributed by atoms with E-state index >= 15 is 0 Å². The third kappa shape index (κ3) is 3.81. The number of aromatic nitrogens is 1. The van der Waals surface area contributed by atoms with Crippen LogP contribution < -0.4 is 14.8 Å². The SMILES string of the molecule is Cc1[nH]c(C(=O)N2CCC[C@@H](C(=O)NCc3ccc4c(c3)OCO4)C2)c(C)c1C. The number of carbonyl (C=O) groups excluding carboxylic acids is 2. The fourth-order valence-electron chi connectivity index (χ4n) is 3.98. The first-order chi connectivity index (χ1) is 13.9. The van der Waals surface area contributed by atoms with Gasteiger partial charge in [0.1, 0.15) is 5.69 Å². The van der Waals surface area contributed by atoms with Crippen molar-refractivity contribution < 1.29 is 19.1 Å². The number of piperidine rings is 1. The molecule has 0 aliphatic carbocycles. The second kappa shape index (κ2) is 7.81. The van der Waals surface area contributed by atoms with Gasteiger partial charge in [0, 0.05) is 25.3 Å². The fraction of sp³-hybridized carbons (Fsp3) is 0.455. The average Bonchev–Trinajstić information content (AvgIpc) is 3.31.